The second-order valence-electron chi connectivity index (χ2n) is 10.5. The Morgan fingerprint density at radius 2 is 1.80 bits per heavy atom. The Bertz CT molecular complexity index is 1740. The molecular formula is C31H36N6O4. The standard InChI is InChI=1S/C31H36N6O4/c1-7-41-27-15-22-10-12-36-24(23(22)16-26(27)40-6)17-28(32-29-19(3)13-18(2)14-20(29)4)37(31(36)39)11-8-9-25(38)30-21(5)33-35-34-30/h13-17H,7-12H2,1-6H3,(H,33,34,35). The van der Waals surface area contributed by atoms with E-state index in [1.807, 2.05) is 39.0 Å². The number of ether oxygens (including phenoxy) is 2. The van der Waals surface area contributed by atoms with Crippen molar-refractivity contribution in [1.29, 1.82) is 0 Å². The van der Waals surface area contributed by atoms with E-state index in [-0.39, 0.29) is 17.9 Å². The number of carbonyl (C=O) groups excluding carboxylic acids is 1. The highest BCUT2D eigenvalue weighted by molar-refractivity contribution is 5.94. The highest BCUT2D eigenvalue weighted by Gasteiger charge is 2.23. The molecule has 214 valence electrons. The maximum Gasteiger partial charge on any atom is 0.330 e. The van der Waals surface area contributed by atoms with E-state index < -0.39 is 0 Å². The zero-order chi connectivity index (χ0) is 29.3. The lowest BCUT2D eigenvalue weighted by Crippen LogP contribution is -2.42. The number of aryl methyl sites for hydroxylation is 5. The monoisotopic (exact) mass is 556 g/mol. The van der Waals surface area contributed by atoms with E-state index in [1.54, 1.807) is 23.2 Å². The van der Waals surface area contributed by atoms with Crippen LogP contribution in [0, 0.1) is 27.7 Å². The lowest BCUT2D eigenvalue weighted by molar-refractivity contribution is 0.0972. The minimum Gasteiger partial charge on any atom is -0.493 e. The number of H-pyrrole nitrogens is 1. The van der Waals surface area contributed by atoms with Gasteiger partial charge >= 0.3 is 5.69 Å². The summed E-state index contributed by atoms with van der Waals surface area (Å²) >= 11 is 0. The van der Waals surface area contributed by atoms with Crippen molar-refractivity contribution in [1.82, 2.24) is 24.5 Å². The van der Waals surface area contributed by atoms with Gasteiger partial charge in [0.15, 0.2) is 23.0 Å². The number of fused-ring (bicyclic) bond motifs is 3. The van der Waals surface area contributed by atoms with E-state index in [2.05, 4.69) is 34.5 Å². The molecule has 5 rings (SSSR count). The maximum atomic E-state index is 14.0. The molecule has 41 heavy (non-hydrogen) atoms. The van der Waals surface area contributed by atoms with E-state index in [9.17, 15) is 9.59 Å². The van der Waals surface area contributed by atoms with E-state index >= 15 is 0 Å². The van der Waals surface area contributed by atoms with Gasteiger partial charge in [0.1, 0.15) is 5.49 Å². The number of methoxy groups -OCH3 is 1. The van der Waals surface area contributed by atoms with Gasteiger partial charge in [0.2, 0.25) is 0 Å². The van der Waals surface area contributed by atoms with E-state index in [0.29, 0.717) is 60.9 Å². The molecular weight excluding hydrogens is 520 g/mol. The number of aromatic nitrogens is 5. The average molecular weight is 557 g/mol. The first-order valence-electron chi connectivity index (χ1n) is 13.9. The van der Waals surface area contributed by atoms with Crippen LogP contribution in [-0.4, -0.2) is 44.0 Å². The summed E-state index contributed by atoms with van der Waals surface area (Å²) in [7, 11) is 1.62. The van der Waals surface area contributed by atoms with Gasteiger partial charge in [-0.2, -0.15) is 15.4 Å². The van der Waals surface area contributed by atoms with Crippen molar-refractivity contribution in [3.8, 4) is 22.8 Å². The van der Waals surface area contributed by atoms with Gasteiger partial charge in [-0.05, 0) is 76.3 Å². The highest BCUT2D eigenvalue weighted by atomic mass is 16.5. The Morgan fingerprint density at radius 1 is 1.05 bits per heavy atom. The molecule has 0 bridgehead atoms. The fourth-order valence-corrected chi connectivity index (χ4v) is 5.60. The number of benzene rings is 2. The largest absolute Gasteiger partial charge is 0.493 e. The number of hydrogen-bond donors (Lipinski definition) is 1. The number of carbonyl (C=O) groups is 1. The summed E-state index contributed by atoms with van der Waals surface area (Å²) in [5.41, 5.74) is 8.15. The minimum absolute atomic E-state index is 0.107. The van der Waals surface area contributed by atoms with Gasteiger partial charge in [-0.15, -0.1) is 0 Å². The lowest BCUT2D eigenvalue weighted by atomic mass is 9.97. The zero-order valence-corrected chi connectivity index (χ0v) is 24.5. The molecule has 0 unspecified atom stereocenters. The second kappa shape index (κ2) is 11.6. The summed E-state index contributed by atoms with van der Waals surface area (Å²) < 4.78 is 14.9. The molecule has 4 aromatic rings. The van der Waals surface area contributed by atoms with Gasteiger partial charge in [-0.1, -0.05) is 17.7 Å². The van der Waals surface area contributed by atoms with Crippen molar-refractivity contribution in [3.63, 3.8) is 0 Å². The molecule has 0 spiro atoms. The van der Waals surface area contributed by atoms with Gasteiger partial charge in [-0.3, -0.25) is 13.9 Å². The van der Waals surface area contributed by atoms with Crippen molar-refractivity contribution < 1.29 is 14.3 Å². The molecule has 10 nitrogen and oxygen atoms in total. The van der Waals surface area contributed by atoms with Crippen LogP contribution in [0.25, 0.3) is 11.3 Å². The summed E-state index contributed by atoms with van der Waals surface area (Å²) in [5, 5.41) is 10.4. The lowest BCUT2D eigenvalue weighted by Gasteiger charge is -2.25. The smallest absolute Gasteiger partial charge is 0.330 e. The van der Waals surface area contributed by atoms with Gasteiger partial charge in [0.05, 0.1) is 30.8 Å². The van der Waals surface area contributed by atoms with E-state index in [4.69, 9.17) is 14.5 Å². The zero-order valence-electron chi connectivity index (χ0n) is 24.5. The Hall–Kier alpha value is -4.47. The first-order chi connectivity index (χ1) is 19.7. The number of rotatable bonds is 9. The molecule has 3 heterocycles. The predicted molar refractivity (Wildman–Crippen MR) is 156 cm³/mol. The maximum absolute atomic E-state index is 14.0. The Labute approximate surface area is 238 Å². The number of aromatic amines is 1. The Balaban J connectivity index is 1.63. The first-order valence-corrected chi connectivity index (χ1v) is 13.9. The first kappa shape index (κ1) is 28.1. The van der Waals surface area contributed by atoms with Gasteiger partial charge < -0.3 is 9.47 Å². The van der Waals surface area contributed by atoms with Crippen LogP contribution in [0.4, 0.5) is 5.69 Å². The molecule has 0 radical (unpaired) electrons. The van der Waals surface area contributed by atoms with Gasteiger partial charge in [-0.25, -0.2) is 9.79 Å². The van der Waals surface area contributed by atoms with Crippen molar-refractivity contribution in [2.24, 2.45) is 4.99 Å². The molecule has 1 N–H and O–H groups in total. The van der Waals surface area contributed by atoms with E-state index in [0.717, 1.165) is 39.2 Å². The molecule has 0 saturated heterocycles. The Morgan fingerprint density at radius 3 is 2.46 bits per heavy atom. The summed E-state index contributed by atoms with van der Waals surface area (Å²) in [6.45, 7) is 11.2. The van der Waals surface area contributed by atoms with Crippen LogP contribution in [0.2, 0.25) is 0 Å². The van der Waals surface area contributed by atoms with Crippen molar-refractivity contribution in [2.75, 3.05) is 13.7 Å². The summed E-state index contributed by atoms with van der Waals surface area (Å²) in [5.74, 6) is 1.21. The fourth-order valence-electron chi connectivity index (χ4n) is 5.60. The number of Topliss-reactive ketones (excluding diaryl/α,β-unsaturated/α-hetero) is 1. The van der Waals surface area contributed by atoms with E-state index in [1.165, 1.54) is 0 Å². The molecule has 0 amide bonds. The fraction of sp³-hybridized carbons (Fsp3) is 0.387. The predicted octanol–water partition coefficient (Wildman–Crippen LogP) is 4.53. The SMILES string of the molecule is CCOc1cc2c(cc1OC)-c1cc(=Nc3c(C)cc(C)cc3C)n(CCCC(=O)c3n[nH]nc3C)c(=O)n1CC2. The minimum atomic E-state index is -0.160. The van der Waals surface area contributed by atoms with Crippen LogP contribution in [-0.2, 0) is 19.5 Å². The van der Waals surface area contributed by atoms with Crippen molar-refractivity contribution in [2.45, 2.75) is 67.0 Å². The number of ketones is 1. The van der Waals surface area contributed by atoms with Crippen LogP contribution in [0.15, 0.2) is 40.1 Å². The number of hydrogen-bond acceptors (Lipinski definition) is 7. The third kappa shape index (κ3) is 5.46. The quantitative estimate of drug-likeness (QED) is 0.303. The molecule has 1 aliphatic rings. The molecule has 0 fully saturated rings. The summed E-state index contributed by atoms with van der Waals surface area (Å²) in [4.78, 5) is 31.8. The summed E-state index contributed by atoms with van der Waals surface area (Å²) in [6, 6.07) is 10.1. The molecule has 0 aliphatic carbocycles. The van der Waals surface area contributed by atoms with Crippen LogP contribution in [0.5, 0.6) is 11.5 Å². The Kier molecular flexibility index (Phi) is 7.92. The molecule has 1 aliphatic heterocycles. The van der Waals surface area contributed by atoms with Crippen LogP contribution in [0.3, 0.4) is 0 Å². The molecule has 0 atom stereocenters. The topological polar surface area (TPSA) is 116 Å². The van der Waals surface area contributed by atoms with Crippen LogP contribution >= 0.6 is 0 Å². The number of nitrogens with zero attached hydrogens (tertiary/aromatic N) is 5. The van der Waals surface area contributed by atoms with Crippen molar-refractivity contribution >= 4 is 11.5 Å². The van der Waals surface area contributed by atoms with Crippen LogP contribution in [0.1, 0.15) is 58.2 Å². The molecule has 2 aromatic heterocycles. The highest BCUT2D eigenvalue weighted by Crippen LogP contribution is 2.37. The second-order valence-corrected chi connectivity index (χ2v) is 10.5. The molecule has 0 saturated carbocycles. The van der Waals surface area contributed by atoms with Crippen molar-refractivity contribution in [3.05, 3.63) is 79.9 Å². The summed E-state index contributed by atoms with van der Waals surface area (Å²) in [6.07, 6.45) is 1.38. The molecule has 2 aromatic carbocycles. The van der Waals surface area contributed by atoms with Crippen LogP contribution < -0.4 is 20.7 Å². The van der Waals surface area contributed by atoms with Gasteiger partial charge in [0.25, 0.3) is 0 Å². The number of nitrogens with one attached hydrogen (secondary N) is 1. The average Bonchev–Trinajstić information content (AvgIpc) is 3.37. The third-order valence-corrected chi connectivity index (χ3v) is 7.50. The van der Waals surface area contributed by atoms with Gasteiger partial charge in [0, 0.05) is 31.1 Å². The normalized spacial score (nSPS) is 12.7. The third-order valence-electron chi connectivity index (χ3n) is 7.50. The molecule has 10 heteroatoms.